The summed E-state index contributed by atoms with van der Waals surface area (Å²) in [6, 6.07) is 9.46. The molecule has 1 aromatic heterocycles. The maximum absolute atomic E-state index is 13.5. The molecule has 0 aliphatic rings. The molecule has 0 aliphatic heterocycles. The van der Waals surface area contributed by atoms with Crippen molar-refractivity contribution in [1.29, 1.82) is 0 Å². The van der Waals surface area contributed by atoms with Gasteiger partial charge in [0.05, 0.1) is 10.9 Å². The van der Waals surface area contributed by atoms with Crippen molar-refractivity contribution < 1.29 is 13.6 Å². The van der Waals surface area contributed by atoms with Crippen LogP contribution in [0.1, 0.15) is 16.1 Å². The average molecular weight is 343 g/mol. The number of rotatable bonds is 3. The van der Waals surface area contributed by atoms with Crippen molar-refractivity contribution in [1.82, 2.24) is 14.7 Å². The Bertz CT molecular complexity index is 1010. The van der Waals surface area contributed by atoms with Crippen molar-refractivity contribution in [2.75, 3.05) is 7.05 Å². The number of nitrogens with zero attached hydrogens (tertiary/aromatic N) is 3. The predicted molar refractivity (Wildman–Crippen MR) is 89.1 cm³/mol. The predicted octanol–water partition coefficient (Wildman–Crippen LogP) is 2.48. The van der Waals surface area contributed by atoms with Gasteiger partial charge >= 0.3 is 0 Å². The number of benzene rings is 2. The van der Waals surface area contributed by atoms with Crippen molar-refractivity contribution in [2.45, 2.75) is 6.54 Å². The third kappa shape index (κ3) is 3.26. The van der Waals surface area contributed by atoms with Crippen LogP contribution in [0.15, 0.2) is 47.3 Å². The minimum absolute atomic E-state index is 0.0935. The standard InChI is InChI=1S/C18H15F2N3O2/c1-22(10-11-3-5-12(19)6-4-11)18(25)16-17(24)14-9-13(20)7-8-15(14)23(2)21-16/h3-9H,10H2,1-2H3. The first-order valence-electron chi connectivity index (χ1n) is 7.53. The molecule has 5 nitrogen and oxygen atoms in total. The number of hydrogen-bond donors (Lipinski definition) is 0. The molecule has 3 rings (SSSR count). The van der Waals surface area contributed by atoms with Crippen LogP contribution in [0.3, 0.4) is 0 Å². The van der Waals surface area contributed by atoms with E-state index in [1.54, 1.807) is 19.2 Å². The quantitative estimate of drug-likeness (QED) is 0.734. The summed E-state index contributed by atoms with van der Waals surface area (Å²) < 4.78 is 27.8. The minimum Gasteiger partial charge on any atom is -0.336 e. The zero-order valence-electron chi connectivity index (χ0n) is 13.7. The van der Waals surface area contributed by atoms with Crippen molar-refractivity contribution in [3.8, 4) is 0 Å². The van der Waals surface area contributed by atoms with Crippen molar-refractivity contribution in [3.05, 3.63) is 75.6 Å². The number of halogens is 2. The summed E-state index contributed by atoms with van der Waals surface area (Å²) in [5.74, 6) is -1.52. The minimum atomic E-state index is -0.622. The van der Waals surface area contributed by atoms with Crippen LogP contribution in [0.25, 0.3) is 10.9 Å². The van der Waals surface area contributed by atoms with Crippen LogP contribution < -0.4 is 5.43 Å². The van der Waals surface area contributed by atoms with Gasteiger partial charge in [-0.05, 0) is 35.9 Å². The summed E-state index contributed by atoms with van der Waals surface area (Å²) in [7, 11) is 3.10. The van der Waals surface area contributed by atoms with E-state index in [4.69, 9.17) is 0 Å². The average Bonchev–Trinajstić information content (AvgIpc) is 2.59. The smallest absolute Gasteiger partial charge is 0.278 e. The van der Waals surface area contributed by atoms with Gasteiger partial charge in [0.1, 0.15) is 11.6 Å². The number of aromatic nitrogens is 2. The van der Waals surface area contributed by atoms with Crippen LogP contribution in [0, 0.1) is 11.6 Å². The summed E-state index contributed by atoms with van der Waals surface area (Å²) in [6.07, 6.45) is 0. The van der Waals surface area contributed by atoms with Gasteiger partial charge in [-0.3, -0.25) is 14.3 Å². The van der Waals surface area contributed by atoms with Gasteiger partial charge < -0.3 is 4.90 Å². The molecular weight excluding hydrogens is 328 g/mol. The van der Waals surface area contributed by atoms with Crippen LogP contribution in [0.5, 0.6) is 0 Å². The Morgan fingerprint density at radius 1 is 1.12 bits per heavy atom. The van der Waals surface area contributed by atoms with Crippen LogP contribution in [0.2, 0.25) is 0 Å². The van der Waals surface area contributed by atoms with Crippen LogP contribution >= 0.6 is 0 Å². The number of fused-ring (bicyclic) bond motifs is 1. The third-order valence-electron chi connectivity index (χ3n) is 3.90. The van der Waals surface area contributed by atoms with Crippen molar-refractivity contribution >= 4 is 16.8 Å². The molecule has 0 saturated heterocycles. The van der Waals surface area contributed by atoms with Crippen LogP contribution in [-0.2, 0) is 13.6 Å². The summed E-state index contributed by atoms with van der Waals surface area (Å²) >= 11 is 0. The van der Waals surface area contributed by atoms with Gasteiger partial charge in [-0.25, -0.2) is 8.78 Å². The largest absolute Gasteiger partial charge is 0.336 e. The fourth-order valence-corrected chi connectivity index (χ4v) is 2.61. The van der Waals surface area contributed by atoms with Crippen molar-refractivity contribution in [3.63, 3.8) is 0 Å². The first-order valence-corrected chi connectivity index (χ1v) is 7.53. The molecule has 0 bridgehead atoms. The molecule has 25 heavy (non-hydrogen) atoms. The summed E-state index contributed by atoms with van der Waals surface area (Å²) in [5, 5.41) is 4.13. The van der Waals surface area contributed by atoms with E-state index < -0.39 is 17.2 Å². The molecule has 7 heteroatoms. The van der Waals surface area contributed by atoms with E-state index in [0.717, 1.165) is 6.07 Å². The molecule has 128 valence electrons. The highest BCUT2D eigenvalue weighted by molar-refractivity contribution is 5.95. The Kier molecular flexibility index (Phi) is 4.31. The van der Waals surface area contributed by atoms with Crippen LogP contribution in [-0.4, -0.2) is 27.6 Å². The highest BCUT2D eigenvalue weighted by Crippen LogP contribution is 2.12. The molecule has 1 amide bonds. The number of amides is 1. The van der Waals surface area contributed by atoms with E-state index in [9.17, 15) is 18.4 Å². The second-order valence-corrected chi connectivity index (χ2v) is 5.75. The monoisotopic (exact) mass is 343 g/mol. The van der Waals surface area contributed by atoms with Gasteiger partial charge in [0.15, 0.2) is 5.69 Å². The summed E-state index contributed by atoms with van der Waals surface area (Å²) in [6.45, 7) is 0.186. The van der Waals surface area contributed by atoms with E-state index in [0.29, 0.717) is 11.1 Å². The highest BCUT2D eigenvalue weighted by atomic mass is 19.1. The second kappa shape index (κ2) is 6.43. The Hall–Kier alpha value is -3.09. The van der Waals surface area contributed by atoms with E-state index in [2.05, 4.69) is 5.10 Å². The van der Waals surface area contributed by atoms with Gasteiger partial charge in [-0.15, -0.1) is 0 Å². The molecule has 1 heterocycles. The molecule has 3 aromatic rings. The lowest BCUT2D eigenvalue weighted by atomic mass is 10.1. The Morgan fingerprint density at radius 2 is 1.76 bits per heavy atom. The fraction of sp³-hybridized carbons (Fsp3) is 0.167. The summed E-state index contributed by atoms with van der Waals surface area (Å²) in [4.78, 5) is 26.4. The Balaban J connectivity index is 1.97. The number of carbonyl (C=O) groups excluding carboxylic acids is 1. The second-order valence-electron chi connectivity index (χ2n) is 5.75. The lowest BCUT2D eigenvalue weighted by Crippen LogP contribution is -2.33. The van der Waals surface area contributed by atoms with E-state index in [1.807, 2.05) is 0 Å². The topological polar surface area (TPSA) is 55.2 Å². The van der Waals surface area contributed by atoms with Gasteiger partial charge in [-0.1, -0.05) is 12.1 Å². The van der Waals surface area contributed by atoms with Gasteiger partial charge in [-0.2, -0.15) is 5.10 Å². The van der Waals surface area contributed by atoms with Gasteiger partial charge in [0.25, 0.3) is 5.91 Å². The van der Waals surface area contributed by atoms with Crippen molar-refractivity contribution in [2.24, 2.45) is 7.05 Å². The van der Waals surface area contributed by atoms with Gasteiger partial charge in [0.2, 0.25) is 5.43 Å². The lowest BCUT2D eigenvalue weighted by molar-refractivity contribution is 0.0776. The third-order valence-corrected chi connectivity index (χ3v) is 3.90. The molecule has 0 spiro atoms. The summed E-state index contributed by atoms with van der Waals surface area (Å²) in [5.41, 5.74) is 0.235. The molecule has 0 saturated carbocycles. The molecule has 0 aliphatic carbocycles. The molecular formula is C18H15F2N3O2. The Morgan fingerprint density at radius 3 is 2.44 bits per heavy atom. The molecule has 0 fully saturated rings. The molecule has 0 radical (unpaired) electrons. The maximum Gasteiger partial charge on any atom is 0.278 e. The van der Waals surface area contributed by atoms with Crippen LogP contribution in [0.4, 0.5) is 8.78 Å². The maximum atomic E-state index is 13.5. The molecule has 0 unspecified atom stereocenters. The van der Waals surface area contributed by atoms with E-state index >= 15 is 0 Å². The normalized spacial score (nSPS) is 10.9. The molecule has 0 atom stereocenters. The fourth-order valence-electron chi connectivity index (χ4n) is 2.61. The number of aryl methyl sites for hydroxylation is 1. The Labute approximate surface area is 142 Å². The van der Waals surface area contributed by atoms with Gasteiger partial charge in [0, 0.05) is 20.6 Å². The zero-order chi connectivity index (χ0) is 18.1. The number of carbonyl (C=O) groups is 1. The SMILES string of the molecule is CN(Cc1ccc(F)cc1)C(=O)c1nn(C)c2ccc(F)cc2c1=O. The molecule has 2 aromatic carbocycles. The van der Waals surface area contributed by atoms with E-state index in [-0.39, 0.29) is 23.4 Å². The zero-order valence-corrected chi connectivity index (χ0v) is 13.7. The first-order chi connectivity index (χ1) is 11.9. The lowest BCUT2D eigenvalue weighted by Gasteiger charge is -2.17. The highest BCUT2D eigenvalue weighted by Gasteiger charge is 2.20. The number of hydrogen-bond acceptors (Lipinski definition) is 3. The van der Waals surface area contributed by atoms with E-state index in [1.165, 1.54) is 40.9 Å². The first kappa shape index (κ1) is 16.8. The molecule has 0 N–H and O–H groups in total.